The molecule has 1 N–H and O–H groups in total. The molecular weight excluding hydrogens is 348 g/mol. The topological polar surface area (TPSA) is 50.2 Å². The molecule has 1 aliphatic heterocycles. The molecule has 5 nitrogen and oxygen atoms in total. The van der Waals surface area contributed by atoms with E-state index in [9.17, 15) is 4.79 Å². The second-order valence-corrected chi connectivity index (χ2v) is 6.70. The summed E-state index contributed by atoms with van der Waals surface area (Å²) in [6.45, 7) is 5.04. The van der Waals surface area contributed by atoms with Crippen molar-refractivity contribution in [2.24, 2.45) is 0 Å². The van der Waals surface area contributed by atoms with Crippen LogP contribution in [0.5, 0.6) is 0 Å². The highest BCUT2D eigenvalue weighted by Gasteiger charge is 2.24. The highest BCUT2D eigenvalue weighted by Crippen LogP contribution is 2.15. The van der Waals surface area contributed by atoms with E-state index in [4.69, 9.17) is 0 Å². The molecule has 0 saturated carbocycles. The van der Waals surface area contributed by atoms with Gasteiger partial charge in [0.05, 0.1) is 11.9 Å². The number of nitrogens with zero attached hydrogens (tertiary/aromatic N) is 3. The van der Waals surface area contributed by atoms with Crippen molar-refractivity contribution in [2.75, 3.05) is 19.6 Å². The predicted molar refractivity (Wildman–Crippen MR) is 107 cm³/mol. The Labute approximate surface area is 162 Å². The van der Waals surface area contributed by atoms with Crippen LogP contribution in [0.2, 0.25) is 0 Å². The molecule has 0 radical (unpaired) electrons. The van der Waals surface area contributed by atoms with E-state index in [-0.39, 0.29) is 18.3 Å². The van der Waals surface area contributed by atoms with E-state index in [1.165, 1.54) is 0 Å². The standard InChI is InChI=1S/C20H28N4O.ClH/c1-2-14-23(18-10-12-21-13-11-18)20(25)9-8-17-15-22-24(16-17)19-6-4-3-5-7-19;/h3-7,15-16,18,21H,2,8-14H2,1H3;1H. The van der Waals surface area contributed by atoms with E-state index in [0.717, 1.165) is 56.6 Å². The average Bonchev–Trinajstić information content (AvgIpc) is 3.15. The van der Waals surface area contributed by atoms with E-state index in [2.05, 4.69) is 22.2 Å². The van der Waals surface area contributed by atoms with Crippen LogP contribution >= 0.6 is 12.4 Å². The Morgan fingerprint density at radius 1 is 1.27 bits per heavy atom. The van der Waals surface area contributed by atoms with Crippen molar-refractivity contribution in [3.05, 3.63) is 48.3 Å². The Hall–Kier alpha value is -1.85. The second-order valence-electron chi connectivity index (χ2n) is 6.70. The van der Waals surface area contributed by atoms with Gasteiger partial charge < -0.3 is 10.2 Å². The molecule has 6 heteroatoms. The van der Waals surface area contributed by atoms with Crippen LogP contribution in [0.1, 0.15) is 38.2 Å². The largest absolute Gasteiger partial charge is 0.340 e. The number of carbonyl (C=O) groups excluding carboxylic acids is 1. The Morgan fingerprint density at radius 3 is 2.69 bits per heavy atom. The van der Waals surface area contributed by atoms with Gasteiger partial charge in [-0.05, 0) is 56.5 Å². The molecule has 0 bridgehead atoms. The number of piperidine rings is 1. The van der Waals surface area contributed by atoms with E-state index < -0.39 is 0 Å². The van der Waals surface area contributed by atoms with Crippen LogP contribution in [0.4, 0.5) is 0 Å². The highest BCUT2D eigenvalue weighted by atomic mass is 35.5. The maximum atomic E-state index is 12.8. The molecular formula is C20H29ClN4O. The minimum atomic E-state index is 0. The van der Waals surface area contributed by atoms with Gasteiger partial charge >= 0.3 is 0 Å². The Morgan fingerprint density at radius 2 is 2.00 bits per heavy atom. The molecule has 142 valence electrons. The number of para-hydroxylation sites is 1. The molecule has 0 spiro atoms. The van der Waals surface area contributed by atoms with Crippen molar-refractivity contribution in [1.82, 2.24) is 20.0 Å². The quantitative estimate of drug-likeness (QED) is 0.807. The molecule has 3 rings (SSSR count). The van der Waals surface area contributed by atoms with Crippen LogP contribution in [0.15, 0.2) is 42.7 Å². The Balaban J connectivity index is 0.00000243. The van der Waals surface area contributed by atoms with Gasteiger partial charge in [0.25, 0.3) is 0 Å². The molecule has 1 saturated heterocycles. The average molecular weight is 377 g/mol. The van der Waals surface area contributed by atoms with Crippen LogP contribution < -0.4 is 5.32 Å². The van der Waals surface area contributed by atoms with Gasteiger partial charge in [-0.25, -0.2) is 4.68 Å². The van der Waals surface area contributed by atoms with E-state index in [1.807, 2.05) is 47.4 Å². The number of rotatable bonds is 7. The number of amides is 1. The number of hydrogen-bond acceptors (Lipinski definition) is 3. The summed E-state index contributed by atoms with van der Waals surface area (Å²) in [6.07, 6.45) is 8.35. The number of carbonyl (C=O) groups is 1. The third-order valence-electron chi connectivity index (χ3n) is 4.82. The lowest BCUT2D eigenvalue weighted by Crippen LogP contribution is -2.46. The van der Waals surface area contributed by atoms with Crippen LogP contribution in [-0.2, 0) is 11.2 Å². The van der Waals surface area contributed by atoms with Crippen molar-refractivity contribution in [3.8, 4) is 5.69 Å². The molecule has 1 fully saturated rings. The summed E-state index contributed by atoms with van der Waals surface area (Å²) in [6, 6.07) is 10.5. The number of nitrogens with one attached hydrogen (secondary N) is 1. The SMILES string of the molecule is CCCN(C(=O)CCc1cnn(-c2ccccc2)c1)C1CCNCC1.Cl. The molecule has 26 heavy (non-hydrogen) atoms. The zero-order chi connectivity index (χ0) is 17.5. The summed E-state index contributed by atoms with van der Waals surface area (Å²) in [7, 11) is 0. The fourth-order valence-corrected chi connectivity index (χ4v) is 3.48. The minimum absolute atomic E-state index is 0. The third kappa shape index (κ3) is 5.32. The smallest absolute Gasteiger partial charge is 0.223 e. The van der Waals surface area contributed by atoms with Crippen LogP contribution in [0.25, 0.3) is 5.69 Å². The van der Waals surface area contributed by atoms with Crippen molar-refractivity contribution in [2.45, 2.75) is 45.1 Å². The van der Waals surface area contributed by atoms with E-state index in [1.54, 1.807) is 0 Å². The molecule has 1 aromatic carbocycles. The van der Waals surface area contributed by atoms with Gasteiger partial charge in [-0.15, -0.1) is 12.4 Å². The third-order valence-corrected chi connectivity index (χ3v) is 4.82. The maximum Gasteiger partial charge on any atom is 0.223 e. The van der Waals surface area contributed by atoms with Crippen LogP contribution in [0, 0.1) is 0 Å². The summed E-state index contributed by atoms with van der Waals surface area (Å²) >= 11 is 0. The molecule has 1 aliphatic rings. The van der Waals surface area contributed by atoms with Gasteiger partial charge in [0, 0.05) is 25.2 Å². The fraction of sp³-hybridized carbons (Fsp3) is 0.500. The summed E-state index contributed by atoms with van der Waals surface area (Å²) < 4.78 is 1.87. The highest BCUT2D eigenvalue weighted by molar-refractivity contribution is 5.85. The first kappa shape index (κ1) is 20.5. The van der Waals surface area contributed by atoms with Gasteiger partial charge in [0.1, 0.15) is 0 Å². The van der Waals surface area contributed by atoms with Crippen molar-refractivity contribution >= 4 is 18.3 Å². The maximum absolute atomic E-state index is 12.8. The number of benzene rings is 1. The second kappa shape index (κ2) is 10.3. The first-order valence-electron chi connectivity index (χ1n) is 9.37. The number of hydrogen-bond donors (Lipinski definition) is 1. The first-order chi connectivity index (χ1) is 12.3. The molecule has 2 aromatic rings. The van der Waals surface area contributed by atoms with Gasteiger partial charge in [0.15, 0.2) is 0 Å². The normalized spacial score (nSPS) is 14.7. The Kier molecular flexibility index (Phi) is 8.13. The summed E-state index contributed by atoms with van der Waals surface area (Å²) in [4.78, 5) is 14.9. The zero-order valence-electron chi connectivity index (χ0n) is 15.4. The van der Waals surface area contributed by atoms with E-state index >= 15 is 0 Å². The molecule has 2 heterocycles. The van der Waals surface area contributed by atoms with Crippen LogP contribution in [-0.4, -0.2) is 46.3 Å². The van der Waals surface area contributed by atoms with Crippen molar-refractivity contribution < 1.29 is 4.79 Å². The summed E-state index contributed by atoms with van der Waals surface area (Å²) in [5.41, 5.74) is 2.15. The number of halogens is 1. The lowest BCUT2D eigenvalue weighted by atomic mass is 10.0. The Bertz CT molecular complexity index is 667. The molecule has 0 aliphatic carbocycles. The van der Waals surface area contributed by atoms with Crippen molar-refractivity contribution in [1.29, 1.82) is 0 Å². The van der Waals surface area contributed by atoms with Crippen LogP contribution in [0.3, 0.4) is 0 Å². The summed E-state index contributed by atoms with van der Waals surface area (Å²) in [5, 5.41) is 7.80. The minimum Gasteiger partial charge on any atom is -0.340 e. The summed E-state index contributed by atoms with van der Waals surface area (Å²) in [5.74, 6) is 0.279. The lowest BCUT2D eigenvalue weighted by Gasteiger charge is -2.34. The van der Waals surface area contributed by atoms with E-state index in [0.29, 0.717) is 12.5 Å². The van der Waals surface area contributed by atoms with Gasteiger partial charge in [0.2, 0.25) is 5.91 Å². The number of aromatic nitrogens is 2. The zero-order valence-corrected chi connectivity index (χ0v) is 16.3. The monoisotopic (exact) mass is 376 g/mol. The van der Waals surface area contributed by atoms with Gasteiger partial charge in [-0.1, -0.05) is 25.1 Å². The molecule has 0 unspecified atom stereocenters. The lowest BCUT2D eigenvalue weighted by molar-refractivity contribution is -0.134. The molecule has 0 atom stereocenters. The van der Waals surface area contributed by atoms with Gasteiger partial charge in [-0.3, -0.25) is 4.79 Å². The predicted octanol–water partition coefficient (Wildman–Crippen LogP) is 3.22. The first-order valence-corrected chi connectivity index (χ1v) is 9.37. The molecule has 1 amide bonds. The van der Waals surface area contributed by atoms with Crippen molar-refractivity contribution in [3.63, 3.8) is 0 Å². The fourth-order valence-electron chi connectivity index (χ4n) is 3.48. The van der Waals surface area contributed by atoms with Gasteiger partial charge in [-0.2, -0.15) is 5.10 Å². The number of aryl methyl sites for hydroxylation is 1. The molecule has 1 aromatic heterocycles.